The van der Waals surface area contributed by atoms with E-state index in [2.05, 4.69) is 34.6 Å². The number of amides is 1. The van der Waals surface area contributed by atoms with Crippen molar-refractivity contribution in [2.45, 2.75) is 77.6 Å². The molecule has 9 nitrogen and oxygen atoms in total. The summed E-state index contributed by atoms with van der Waals surface area (Å²) in [5.41, 5.74) is 1.59. The molecule has 0 bridgehead atoms. The normalized spacial score (nSPS) is 19.8. The molecule has 3 N–H and O–H groups in total. The van der Waals surface area contributed by atoms with Crippen LogP contribution in [-0.4, -0.2) is 51.1 Å². The van der Waals surface area contributed by atoms with Crippen LogP contribution in [0.2, 0.25) is 0 Å². The highest BCUT2D eigenvalue weighted by Gasteiger charge is 2.26. The van der Waals surface area contributed by atoms with Gasteiger partial charge in [-0.05, 0) is 33.1 Å². The first kappa shape index (κ1) is 23.0. The van der Waals surface area contributed by atoms with Gasteiger partial charge in [-0.1, -0.05) is 31.9 Å². The number of aromatic nitrogens is 3. The van der Waals surface area contributed by atoms with E-state index in [-0.39, 0.29) is 43.4 Å². The summed E-state index contributed by atoms with van der Waals surface area (Å²) < 4.78 is 19.6. The van der Waals surface area contributed by atoms with Crippen molar-refractivity contribution in [1.29, 1.82) is 0 Å². The molecule has 0 saturated carbocycles. The molecule has 160 valence electrons. The van der Waals surface area contributed by atoms with E-state index < -0.39 is 7.52 Å². The van der Waals surface area contributed by atoms with E-state index >= 15 is 0 Å². The van der Waals surface area contributed by atoms with Crippen LogP contribution in [0.1, 0.15) is 76.9 Å². The van der Waals surface area contributed by atoms with E-state index in [1.54, 1.807) is 13.8 Å². The Kier molecular flexibility index (Phi) is 8.61. The molecule has 1 aromatic rings. The maximum absolute atomic E-state index is 12.1. The Morgan fingerprint density at radius 1 is 1.29 bits per heavy atom. The average Bonchev–Trinajstić information content (AvgIpc) is 3.01. The molecule has 0 radical (unpaired) electrons. The van der Waals surface area contributed by atoms with Crippen LogP contribution in [0.4, 0.5) is 0 Å². The first-order valence-electron chi connectivity index (χ1n) is 10.1. The zero-order valence-corrected chi connectivity index (χ0v) is 18.2. The molecule has 0 aromatic carbocycles. The van der Waals surface area contributed by atoms with Gasteiger partial charge in [-0.15, -0.1) is 5.10 Å². The van der Waals surface area contributed by atoms with Crippen molar-refractivity contribution in [3.63, 3.8) is 0 Å². The number of nitrogens with one attached hydrogen (secondary N) is 2. The van der Waals surface area contributed by atoms with Crippen molar-refractivity contribution in [2.75, 3.05) is 19.7 Å². The number of carbonyl (C=O) groups is 1. The predicted octanol–water partition coefficient (Wildman–Crippen LogP) is 2.33. The first-order valence-corrected chi connectivity index (χ1v) is 11.8. The first-order chi connectivity index (χ1) is 13.2. The number of rotatable bonds is 9. The highest BCUT2D eigenvalue weighted by atomic mass is 31.2. The minimum Gasteiger partial charge on any atom is -0.362 e. The third kappa shape index (κ3) is 6.37. The predicted molar refractivity (Wildman–Crippen MR) is 107 cm³/mol. The van der Waals surface area contributed by atoms with Crippen LogP contribution in [0.25, 0.3) is 0 Å². The van der Waals surface area contributed by atoms with Gasteiger partial charge in [0.2, 0.25) is 5.91 Å². The molecule has 2 rings (SSSR count). The molecular formula is C18H34N5O4P. The molecule has 1 heterocycles. The van der Waals surface area contributed by atoms with E-state index in [4.69, 9.17) is 4.74 Å². The summed E-state index contributed by atoms with van der Waals surface area (Å²) in [4.78, 5) is 21.8. The Morgan fingerprint density at radius 3 is 2.71 bits per heavy atom. The molecule has 28 heavy (non-hydrogen) atoms. The van der Waals surface area contributed by atoms with E-state index in [9.17, 15) is 14.3 Å². The molecule has 1 aliphatic carbocycles. The number of hydrogen-bond acceptors (Lipinski definition) is 5. The Balaban J connectivity index is 1.85. The summed E-state index contributed by atoms with van der Waals surface area (Å²) in [7, 11) is -3.36. The second kappa shape index (κ2) is 10.5. The molecule has 0 saturated heterocycles. The lowest BCUT2D eigenvalue weighted by molar-refractivity contribution is -0.128. The lowest BCUT2D eigenvalue weighted by Gasteiger charge is -2.21. The van der Waals surface area contributed by atoms with Crippen LogP contribution >= 0.6 is 7.52 Å². The van der Waals surface area contributed by atoms with Crippen LogP contribution in [0, 0.1) is 0 Å². The smallest absolute Gasteiger partial charge is 0.269 e. The molecule has 1 aromatic heterocycles. The molecule has 0 aliphatic heterocycles. The zero-order valence-electron chi connectivity index (χ0n) is 17.3. The Hall–Kier alpha value is -1.28. The minimum atomic E-state index is -3.36. The van der Waals surface area contributed by atoms with Crippen LogP contribution in [0.15, 0.2) is 0 Å². The van der Waals surface area contributed by atoms with Gasteiger partial charge in [0, 0.05) is 24.8 Å². The van der Waals surface area contributed by atoms with Crippen molar-refractivity contribution in [1.82, 2.24) is 25.4 Å². The minimum absolute atomic E-state index is 0.0698. The van der Waals surface area contributed by atoms with Crippen molar-refractivity contribution < 1.29 is 19.0 Å². The van der Waals surface area contributed by atoms with Gasteiger partial charge in [0.15, 0.2) is 0 Å². The Bertz CT molecular complexity index is 692. The van der Waals surface area contributed by atoms with Gasteiger partial charge in [-0.2, -0.15) is 0 Å². The number of fused-ring (bicyclic) bond motifs is 1. The van der Waals surface area contributed by atoms with Crippen LogP contribution in [0.3, 0.4) is 0 Å². The second-order valence-corrected chi connectivity index (χ2v) is 10.4. The fourth-order valence-corrected chi connectivity index (χ4v) is 3.96. The summed E-state index contributed by atoms with van der Waals surface area (Å²) in [6, 6.07) is 0.237. The topological polar surface area (TPSA) is 118 Å². The zero-order chi connectivity index (χ0) is 20.7. The highest BCUT2D eigenvalue weighted by molar-refractivity contribution is 7.56. The summed E-state index contributed by atoms with van der Waals surface area (Å²) in [6.45, 7) is 7.94. The van der Waals surface area contributed by atoms with Gasteiger partial charge < -0.3 is 14.9 Å². The standard InChI is InChI=1S/C18H34N5O4P/c1-13(2)23-15-8-6-5-7-9-16(18(15)21-22-23)27-12-17(24)19-10-11-20-28(25,26)14(3)4/h13-14,16H,5-12H2,1-4H3,(H,19,24)(H2,20,25,26). The summed E-state index contributed by atoms with van der Waals surface area (Å²) >= 11 is 0. The van der Waals surface area contributed by atoms with Crippen LogP contribution in [-0.2, 0) is 20.5 Å². The molecular weight excluding hydrogens is 381 g/mol. The second-order valence-electron chi connectivity index (χ2n) is 7.83. The third-order valence-corrected chi connectivity index (χ3v) is 6.97. The number of nitrogens with zero attached hydrogens (tertiary/aromatic N) is 3. The van der Waals surface area contributed by atoms with Gasteiger partial charge >= 0.3 is 0 Å². The summed E-state index contributed by atoms with van der Waals surface area (Å²) in [5.74, 6) is -0.251. The van der Waals surface area contributed by atoms with Crippen molar-refractivity contribution >= 4 is 13.4 Å². The lowest BCUT2D eigenvalue weighted by Crippen LogP contribution is -2.34. The quantitative estimate of drug-likeness (QED) is 0.418. The van der Waals surface area contributed by atoms with E-state index in [0.717, 1.165) is 43.5 Å². The molecule has 2 atom stereocenters. The van der Waals surface area contributed by atoms with Gasteiger partial charge in [-0.3, -0.25) is 9.36 Å². The Labute approximate surface area is 167 Å². The summed E-state index contributed by atoms with van der Waals surface area (Å²) in [6.07, 6.45) is 4.78. The average molecular weight is 415 g/mol. The molecule has 2 unspecified atom stereocenters. The van der Waals surface area contributed by atoms with Crippen molar-refractivity contribution in [3.05, 3.63) is 11.4 Å². The third-order valence-electron chi connectivity index (χ3n) is 4.90. The molecule has 0 spiro atoms. The molecule has 10 heteroatoms. The maximum atomic E-state index is 12.1. The Morgan fingerprint density at radius 2 is 2.04 bits per heavy atom. The van der Waals surface area contributed by atoms with Crippen molar-refractivity contribution in [2.24, 2.45) is 0 Å². The highest BCUT2D eigenvalue weighted by Crippen LogP contribution is 2.40. The largest absolute Gasteiger partial charge is 0.362 e. The fraction of sp³-hybridized carbons (Fsp3) is 0.833. The van der Waals surface area contributed by atoms with Gasteiger partial charge in [0.05, 0.1) is 5.69 Å². The van der Waals surface area contributed by atoms with Crippen molar-refractivity contribution in [3.8, 4) is 0 Å². The number of ether oxygens (including phenoxy) is 1. The molecule has 1 aliphatic rings. The van der Waals surface area contributed by atoms with Crippen LogP contribution < -0.4 is 10.4 Å². The lowest BCUT2D eigenvalue weighted by atomic mass is 9.98. The molecule has 1 amide bonds. The number of carbonyl (C=O) groups excluding carboxylic acids is 1. The maximum Gasteiger partial charge on any atom is 0.269 e. The van der Waals surface area contributed by atoms with Gasteiger partial charge in [-0.25, -0.2) is 9.77 Å². The fourth-order valence-electron chi connectivity index (χ4n) is 3.16. The number of hydrogen-bond donors (Lipinski definition) is 3. The van der Waals surface area contributed by atoms with Gasteiger partial charge in [0.25, 0.3) is 7.52 Å². The van der Waals surface area contributed by atoms with Gasteiger partial charge in [0.1, 0.15) is 18.4 Å². The monoisotopic (exact) mass is 415 g/mol. The molecule has 0 fully saturated rings. The van der Waals surface area contributed by atoms with E-state index in [0.29, 0.717) is 0 Å². The summed E-state index contributed by atoms with van der Waals surface area (Å²) in [5, 5.41) is 13.9. The SMILES string of the molecule is CC(C)n1nnc2c1CCCCCC2OCC(=O)NCCNP(=O)(O)C(C)C. The van der Waals surface area contributed by atoms with E-state index in [1.807, 2.05) is 4.68 Å². The van der Waals surface area contributed by atoms with E-state index in [1.165, 1.54) is 0 Å². The van der Waals surface area contributed by atoms with Crippen LogP contribution in [0.5, 0.6) is 0 Å².